The molecule has 164 valence electrons. The van der Waals surface area contributed by atoms with E-state index in [1.54, 1.807) is 12.1 Å². The Morgan fingerprint density at radius 1 is 1.19 bits per heavy atom. The van der Waals surface area contributed by atoms with Crippen LogP contribution in [0.3, 0.4) is 0 Å². The Kier molecular flexibility index (Phi) is 5.63. The van der Waals surface area contributed by atoms with Crippen LogP contribution in [0.4, 0.5) is 0 Å². The Morgan fingerprint density at radius 2 is 2.03 bits per heavy atom. The van der Waals surface area contributed by atoms with Gasteiger partial charge in [-0.1, -0.05) is 29.8 Å². The van der Waals surface area contributed by atoms with E-state index >= 15 is 0 Å². The Hall–Kier alpha value is -3.23. The van der Waals surface area contributed by atoms with Crippen LogP contribution >= 0.6 is 11.6 Å². The maximum Gasteiger partial charge on any atom is 0.258 e. The lowest BCUT2D eigenvalue weighted by Gasteiger charge is -2.21. The standard InChI is InChI=1S/C23H23ClN6O2/c24-16-6-3-13(4-7-16)20(29-23(32)19-2-1-9-25-19)21-28-18-8-5-14(15-11-26-27-12-15)10-17(18)22(31)30-21/h3-8,10-11,15,19-20,25,27H,1-2,9,12H2,(H,29,32)(H,28,30,31). The number of hydrogen-bond acceptors (Lipinski definition) is 6. The van der Waals surface area contributed by atoms with E-state index in [0.29, 0.717) is 28.3 Å². The number of rotatable bonds is 5. The number of amides is 1. The zero-order valence-electron chi connectivity index (χ0n) is 17.3. The molecule has 2 aromatic carbocycles. The number of aromatic nitrogens is 2. The summed E-state index contributed by atoms with van der Waals surface area (Å²) in [6.45, 7) is 1.52. The molecule has 0 spiro atoms. The molecule has 32 heavy (non-hydrogen) atoms. The van der Waals surface area contributed by atoms with Crippen molar-refractivity contribution in [1.82, 2.24) is 26.0 Å². The third kappa shape index (κ3) is 4.11. The van der Waals surface area contributed by atoms with Crippen LogP contribution in [0.15, 0.2) is 52.4 Å². The number of nitrogens with zero attached hydrogens (tertiary/aromatic N) is 2. The number of carbonyl (C=O) groups excluding carboxylic acids is 1. The summed E-state index contributed by atoms with van der Waals surface area (Å²) in [7, 11) is 0. The minimum Gasteiger partial charge on any atom is -0.341 e. The van der Waals surface area contributed by atoms with Gasteiger partial charge in [-0.3, -0.25) is 9.59 Å². The summed E-state index contributed by atoms with van der Waals surface area (Å²) in [5, 5.41) is 11.4. The van der Waals surface area contributed by atoms with Gasteiger partial charge in [-0.2, -0.15) is 5.10 Å². The van der Waals surface area contributed by atoms with Gasteiger partial charge in [-0.25, -0.2) is 4.98 Å². The van der Waals surface area contributed by atoms with Gasteiger partial charge >= 0.3 is 0 Å². The number of hydrazone groups is 1. The fourth-order valence-electron chi connectivity index (χ4n) is 4.21. The van der Waals surface area contributed by atoms with Crippen molar-refractivity contribution < 1.29 is 4.79 Å². The van der Waals surface area contributed by atoms with E-state index in [2.05, 4.69) is 26.1 Å². The van der Waals surface area contributed by atoms with Crippen LogP contribution in [-0.2, 0) is 4.79 Å². The molecule has 1 aromatic heterocycles. The molecular weight excluding hydrogens is 428 g/mol. The molecule has 3 aromatic rings. The number of nitrogens with one attached hydrogen (secondary N) is 4. The second-order valence-corrected chi connectivity index (χ2v) is 8.55. The highest BCUT2D eigenvalue weighted by Gasteiger charge is 2.27. The number of carbonyl (C=O) groups is 1. The lowest BCUT2D eigenvalue weighted by Crippen LogP contribution is -2.43. The highest BCUT2D eigenvalue weighted by Crippen LogP contribution is 2.24. The van der Waals surface area contributed by atoms with Crippen LogP contribution in [0, 0.1) is 0 Å². The average Bonchev–Trinajstić information content (AvgIpc) is 3.52. The highest BCUT2D eigenvalue weighted by atomic mass is 35.5. The predicted octanol–water partition coefficient (Wildman–Crippen LogP) is 2.21. The molecule has 2 aliphatic rings. The number of fused-ring (bicyclic) bond motifs is 1. The zero-order valence-corrected chi connectivity index (χ0v) is 18.0. The molecule has 3 atom stereocenters. The summed E-state index contributed by atoms with van der Waals surface area (Å²) in [5.41, 5.74) is 5.04. The number of aromatic amines is 1. The minimum absolute atomic E-state index is 0.117. The van der Waals surface area contributed by atoms with Gasteiger partial charge in [0.15, 0.2) is 0 Å². The van der Waals surface area contributed by atoms with Crippen molar-refractivity contribution in [1.29, 1.82) is 0 Å². The van der Waals surface area contributed by atoms with Gasteiger partial charge < -0.3 is 21.0 Å². The number of H-pyrrole nitrogens is 1. The fraction of sp³-hybridized carbons (Fsp3) is 0.304. The average molecular weight is 451 g/mol. The summed E-state index contributed by atoms with van der Waals surface area (Å²) in [5.74, 6) is 0.389. The van der Waals surface area contributed by atoms with E-state index in [9.17, 15) is 9.59 Å². The van der Waals surface area contributed by atoms with Crippen LogP contribution in [-0.4, -0.2) is 41.2 Å². The van der Waals surface area contributed by atoms with Gasteiger partial charge in [0.1, 0.15) is 11.9 Å². The lowest BCUT2D eigenvalue weighted by molar-refractivity contribution is -0.123. The summed E-state index contributed by atoms with van der Waals surface area (Å²) >= 11 is 6.06. The minimum atomic E-state index is -0.606. The van der Waals surface area contributed by atoms with Crippen molar-refractivity contribution in [3.05, 3.63) is 74.8 Å². The molecule has 4 N–H and O–H groups in total. The zero-order chi connectivity index (χ0) is 22.1. The monoisotopic (exact) mass is 450 g/mol. The largest absolute Gasteiger partial charge is 0.341 e. The normalized spacial score (nSPS) is 20.9. The molecular formula is C23H23ClN6O2. The first kappa shape index (κ1) is 20.7. The molecule has 0 radical (unpaired) electrons. The Labute approximate surface area is 189 Å². The molecule has 1 amide bonds. The second-order valence-electron chi connectivity index (χ2n) is 8.12. The smallest absolute Gasteiger partial charge is 0.258 e. The van der Waals surface area contributed by atoms with Crippen molar-refractivity contribution in [2.45, 2.75) is 30.8 Å². The van der Waals surface area contributed by atoms with E-state index in [1.807, 2.05) is 36.5 Å². The Balaban J connectivity index is 1.53. The summed E-state index contributed by atoms with van der Waals surface area (Å²) in [4.78, 5) is 33.5. The van der Waals surface area contributed by atoms with Crippen LogP contribution in [0.1, 0.15) is 41.8 Å². The maximum atomic E-state index is 13.0. The van der Waals surface area contributed by atoms with Crippen molar-refractivity contribution in [3.63, 3.8) is 0 Å². The van der Waals surface area contributed by atoms with Crippen molar-refractivity contribution in [3.8, 4) is 0 Å². The number of benzene rings is 2. The van der Waals surface area contributed by atoms with Crippen LogP contribution in [0.5, 0.6) is 0 Å². The molecule has 1 saturated heterocycles. The molecule has 9 heteroatoms. The van der Waals surface area contributed by atoms with Gasteiger partial charge in [-0.15, -0.1) is 0 Å². The fourth-order valence-corrected chi connectivity index (χ4v) is 4.33. The van der Waals surface area contributed by atoms with Crippen LogP contribution in [0.2, 0.25) is 5.02 Å². The van der Waals surface area contributed by atoms with Crippen LogP contribution in [0.25, 0.3) is 10.9 Å². The Morgan fingerprint density at radius 3 is 2.75 bits per heavy atom. The molecule has 5 rings (SSSR count). The highest BCUT2D eigenvalue weighted by molar-refractivity contribution is 6.30. The van der Waals surface area contributed by atoms with Crippen LogP contribution < -0.4 is 21.6 Å². The van der Waals surface area contributed by atoms with E-state index in [0.717, 1.165) is 30.5 Å². The van der Waals surface area contributed by atoms with E-state index in [1.165, 1.54) is 0 Å². The molecule has 0 saturated carbocycles. The quantitative estimate of drug-likeness (QED) is 0.476. The summed E-state index contributed by atoms with van der Waals surface area (Å²) in [6.07, 6.45) is 3.57. The number of hydrogen-bond donors (Lipinski definition) is 4. The first-order valence-electron chi connectivity index (χ1n) is 10.7. The lowest BCUT2D eigenvalue weighted by atomic mass is 9.99. The molecule has 2 aliphatic heterocycles. The molecule has 8 nitrogen and oxygen atoms in total. The molecule has 3 unspecified atom stereocenters. The number of halogens is 1. The first-order valence-corrected chi connectivity index (χ1v) is 11.1. The SMILES string of the molecule is O=C(NC(c1ccc(Cl)cc1)c1nc2ccc(C3C=NNC3)cc2c(=O)[nH]1)C1CCCN1. The summed E-state index contributed by atoms with van der Waals surface area (Å²) < 4.78 is 0. The van der Waals surface area contributed by atoms with E-state index in [4.69, 9.17) is 16.6 Å². The van der Waals surface area contributed by atoms with Gasteiger partial charge in [0.25, 0.3) is 5.56 Å². The first-order chi connectivity index (χ1) is 15.6. The predicted molar refractivity (Wildman–Crippen MR) is 124 cm³/mol. The second kappa shape index (κ2) is 8.72. The van der Waals surface area contributed by atoms with Gasteiger partial charge in [0.2, 0.25) is 5.91 Å². The topological polar surface area (TPSA) is 111 Å². The van der Waals surface area contributed by atoms with E-state index in [-0.39, 0.29) is 23.4 Å². The molecule has 3 heterocycles. The van der Waals surface area contributed by atoms with E-state index < -0.39 is 6.04 Å². The van der Waals surface area contributed by atoms with Crippen molar-refractivity contribution in [2.75, 3.05) is 13.1 Å². The summed E-state index contributed by atoms with van der Waals surface area (Å²) in [6, 6.07) is 12.0. The van der Waals surface area contributed by atoms with Gasteiger partial charge in [-0.05, 0) is 54.8 Å². The third-order valence-electron chi connectivity index (χ3n) is 5.97. The van der Waals surface area contributed by atoms with Crippen molar-refractivity contribution >= 4 is 34.6 Å². The van der Waals surface area contributed by atoms with Crippen molar-refractivity contribution in [2.24, 2.45) is 5.10 Å². The third-order valence-corrected chi connectivity index (χ3v) is 6.23. The van der Waals surface area contributed by atoms with Gasteiger partial charge in [0, 0.05) is 23.7 Å². The maximum absolute atomic E-state index is 13.0. The molecule has 0 bridgehead atoms. The molecule has 1 fully saturated rings. The Bertz CT molecular complexity index is 1230. The van der Waals surface area contributed by atoms with Gasteiger partial charge in [0.05, 0.1) is 16.9 Å². The molecule has 0 aliphatic carbocycles.